The van der Waals surface area contributed by atoms with Crippen LogP contribution in [0.25, 0.3) is 0 Å². The number of anilines is 1. The number of benzene rings is 2. The SMILES string of the molecule is CC(NC(=O)Nc1ccc(N=Nc2ccccc2)cc1)(C(F)(F)F)C(F)(F)F. The smallest absolute Gasteiger partial charge is 0.316 e. The van der Waals surface area contributed by atoms with Gasteiger partial charge in [0.1, 0.15) is 0 Å². The molecule has 2 aromatic rings. The first-order valence-corrected chi connectivity index (χ1v) is 7.72. The van der Waals surface area contributed by atoms with Crippen molar-refractivity contribution in [2.75, 3.05) is 5.32 Å². The molecule has 0 unspecified atom stereocenters. The summed E-state index contributed by atoms with van der Waals surface area (Å²) in [4.78, 5) is 11.7. The van der Waals surface area contributed by atoms with Crippen LogP contribution in [0.15, 0.2) is 64.8 Å². The molecule has 2 N–H and O–H groups in total. The number of rotatable bonds is 4. The molecule has 150 valence electrons. The Labute approximate surface area is 155 Å². The highest BCUT2D eigenvalue weighted by atomic mass is 19.4. The summed E-state index contributed by atoms with van der Waals surface area (Å²) in [5, 5.41) is 10.7. The van der Waals surface area contributed by atoms with E-state index in [0.717, 1.165) is 5.32 Å². The number of carbonyl (C=O) groups excluding carboxylic acids is 1. The maximum Gasteiger partial charge on any atom is 0.420 e. The van der Waals surface area contributed by atoms with Gasteiger partial charge in [0.15, 0.2) is 0 Å². The van der Waals surface area contributed by atoms with E-state index in [-0.39, 0.29) is 12.6 Å². The number of hydrogen-bond acceptors (Lipinski definition) is 3. The lowest BCUT2D eigenvalue weighted by Gasteiger charge is -2.34. The Morgan fingerprint density at radius 1 is 0.786 bits per heavy atom. The van der Waals surface area contributed by atoms with Gasteiger partial charge in [-0.15, -0.1) is 0 Å². The molecule has 0 atom stereocenters. The van der Waals surface area contributed by atoms with Crippen molar-refractivity contribution in [3.63, 3.8) is 0 Å². The molecule has 0 bridgehead atoms. The first kappa shape index (κ1) is 21.2. The lowest BCUT2D eigenvalue weighted by Crippen LogP contribution is -2.66. The molecule has 0 aromatic heterocycles. The van der Waals surface area contributed by atoms with Crippen molar-refractivity contribution in [3.8, 4) is 0 Å². The predicted octanol–water partition coefficient (Wildman–Crippen LogP) is 6.11. The highest BCUT2D eigenvalue weighted by molar-refractivity contribution is 5.90. The van der Waals surface area contributed by atoms with Crippen molar-refractivity contribution >= 4 is 23.1 Å². The molecule has 0 spiro atoms. The molecular formula is C17H14F6N4O. The maximum atomic E-state index is 12.8. The van der Waals surface area contributed by atoms with Crippen LogP contribution in [0.4, 0.5) is 48.2 Å². The zero-order chi connectivity index (χ0) is 21.0. The average Bonchev–Trinajstić information content (AvgIpc) is 2.60. The first-order chi connectivity index (χ1) is 12.9. The van der Waals surface area contributed by atoms with Crippen LogP contribution in [0.5, 0.6) is 0 Å². The fourth-order valence-electron chi connectivity index (χ4n) is 1.91. The number of amides is 2. The van der Waals surface area contributed by atoms with Crippen LogP contribution >= 0.6 is 0 Å². The molecule has 0 saturated carbocycles. The first-order valence-electron chi connectivity index (χ1n) is 7.72. The molecule has 0 heterocycles. The van der Waals surface area contributed by atoms with E-state index >= 15 is 0 Å². The number of azo groups is 1. The molecule has 2 aromatic carbocycles. The van der Waals surface area contributed by atoms with Gasteiger partial charge in [-0.3, -0.25) is 0 Å². The minimum atomic E-state index is -5.73. The molecule has 0 fully saturated rings. The summed E-state index contributed by atoms with van der Waals surface area (Å²) >= 11 is 0. The Morgan fingerprint density at radius 2 is 1.25 bits per heavy atom. The van der Waals surface area contributed by atoms with Gasteiger partial charge in [0.25, 0.3) is 0 Å². The quantitative estimate of drug-likeness (QED) is 0.469. The van der Waals surface area contributed by atoms with Gasteiger partial charge in [0.05, 0.1) is 11.4 Å². The number of halogens is 6. The van der Waals surface area contributed by atoms with Crippen LogP contribution in [0.2, 0.25) is 0 Å². The summed E-state index contributed by atoms with van der Waals surface area (Å²) in [7, 11) is 0. The normalized spacial score (nSPS) is 12.8. The summed E-state index contributed by atoms with van der Waals surface area (Å²) in [6, 6.07) is 12.4. The van der Waals surface area contributed by atoms with Gasteiger partial charge in [-0.1, -0.05) is 18.2 Å². The third-order valence-electron chi connectivity index (χ3n) is 3.66. The van der Waals surface area contributed by atoms with E-state index in [9.17, 15) is 31.1 Å². The van der Waals surface area contributed by atoms with Crippen LogP contribution in [0, 0.1) is 0 Å². The van der Waals surface area contributed by atoms with Gasteiger partial charge in [-0.05, 0) is 43.3 Å². The van der Waals surface area contributed by atoms with Crippen LogP contribution < -0.4 is 10.6 Å². The standard InChI is InChI=1S/C17H14F6N4O/c1-15(16(18,19)20,17(21,22)23)25-14(28)24-11-7-9-13(10-8-11)27-26-12-5-3-2-4-6-12/h2-10H,1H3,(H2,24,25,28). The molecule has 28 heavy (non-hydrogen) atoms. The monoisotopic (exact) mass is 404 g/mol. The second kappa shape index (κ2) is 7.87. The van der Waals surface area contributed by atoms with Crippen molar-refractivity contribution in [2.45, 2.75) is 24.8 Å². The molecule has 2 amide bonds. The number of nitrogens with zero attached hydrogens (tertiary/aromatic N) is 2. The highest BCUT2D eigenvalue weighted by Crippen LogP contribution is 2.42. The van der Waals surface area contributed by atoms with Gasteiger partial charge in [0.2, 0.25) is 5.54 Å². The summed E-state index contributed by atoms with van der Waals surface area (Å²) < 4.78 is 76.8. The second-order valence-corrected chi connectivity index (χ2v) is 5.78. The number of hydrogen-bond donors (Lipinski definition) is 2. The molecule has 11 heteroatoms. The van der Waals surface area contributed by atoms with Gasteiger partial charge < -0.3 is 10.6 Å². The van der Waals surface area contributed by atoms with E-state index in [0.29, 0.717) is 11.4 Å². The lowest BCUT2D eigenvalue weighted by atomic mass is 10.0. The Kier molecular flexibility index (Phi) is 5.95. The van der Waals surface area contributed by atoms with Crippen molar-refractivity contribution in [2.24, 2.45) is 10.2 Å². The Bertz CT molecular complexity index is 817. The van der Waals surface area contributed by atoms with Crippen molar-refractivity contribution in [1.29, 1.82) is 0 Å². The fourth-order valence-corrected chi connectivity index (χ4v) is 1.91. The van der Waals surface area contributed by atoms with Crippen molar-refractivity contribution in [1.82, 2.24) is 5.32 Å². The number of carbonyl (C=O) groups is 1. The number of nitrogens with one attached hydrogen (secondary N) is 2. The van der Waals surface area contributed by atoms with Gasteiger partial charge in [0, 0.05) is 5.69 Å². The molecule has 0 saturated heterocycles. The Hall–Kier alpha value is -3.11. The summed E-state index contributed by atoms with van der Waals surface area (Å²) in [5.41, 5.74) is -3.47. The maximum absolute atomic E-state index is 12.8. The Balaban J connectivity index is 2.05. The third kappa shape index (κ3) is 4.99. The van der Waals surface area contributed by atoms with Gasteiger partial charge in [-0.25, -0.2) is 4.79 Å². The van der Waals surface area contributed by atoms with E-state index in [1.165, 1.54) is 24.3 Å². The summed E-state index contributed by atoms with van der Waals surface area (Å²) in [6.45, 7) is -0.153. The van der Waals surface area contributed by atoms with Gasteiger partial charge >= 0.3 is 18.4 Å². The second-order valence-electron chi connectivity index (χ2n) is 5.78. The van der Waals surface area contributed by atoms with Crippen LogP contribution in [-0.4, -0.2) is 23.9 Å². The average molecular weight is 404 g/mol. The molecule has 0 aliphatic heterocycles. The van der Waals surface area contributed by atoms with E-state index in [4.69, 9.17) is 0 Å². The lowest BCUT2D eigenvalue weighted by molar-refractivity contribution is -0.297. The highest BCUT2D eigenvalue weighted by Gasteiger charge is 2.68. The zero-order valence-corrected chi connectivity index (χ0v) is 14.3. The van der Waals surface area contributed by atoms with E-state index in [1.54, 1.807) is 30.3 Å². The zero-order valence-electron chi connectivity index (χ0n) is 14.3. The number of alkyl halides is 6. The number of urea groups is 1. The molecule has 5 nitrogen and oxygen atoms in total. The van der Waals surface area contributed by atoms with E-state index < -0.39 is 23.9 Å². The van der Waals surface area contributed by atoms with E-state index in [1.807, 2.05) is 5.32 Å². The fraction of sp³-hybridized carbons (Fsp3) is 0.235. The summed E-state index contributed by atoms with van der Waals surface area (Å²) in [6.07, 6.45) is -11.5. The summed E-state index contributed by atoms with van der Waals surface area (Å²) in [5.74, 6) is 0. The molecule has 0 aliphatic rings. The van der Waals surface area contributed by atoms with Gasteiger partial charge in [-0.2, -0.15) is 36.6 Å². The minimum absolute atomic E-state index is 0.0251. The molecule has 2 rings (SSSR count). The van der Waals surface area contributed by atoms with Crippen molar-refractivity contribution in [3.05, 3.63) is 54.6 Å². The van der Waals surface area contributed by atoms with Crippen LogP contribution in [-0.2, 0) is 0 Å². The van der Waals surface area contributed by atoms with Crippen molar-refractivity contribution < 1.29 is 31.1 Å². The molecule has 0 aliphatic carbocycles. The van der Waals surface area contributed by atoms with Crippen LogP contribution in [0.1, 0.15) is 6.92 Å². The molecule has 0 radical (unpaired) electrons. The molecular weight excluding hydrogens is 390 g/mol. The largest absolute Gasteiger partial charge is 0.420 e. The predicted molar refractivity (Wildman–Crippen MR) is 89.7 cm³/mol. The van der Waals surface area contributed by atoms with Crippen LogP contribution in [0.3, 0.4) is 0 Å². The minimum Gasteiger partial charge on any atom is -0.316 e. The van der Waals surface area contributed by atoms with E-state index in [2.05, 4.69) is 10.2 Å². The third-order valence-corrected chi connectivity index (χ3v) is 3.66. The topological polar surface area (TPSA) is 65.8 Å². The Morgan fingerprint density at radius 3 is 1.71 bits per heavy atom.